The molecule has 0 amide bonds. The number of pyridine rings is 1. The molecule has 8 heteroatoms. The number of halogens is 1. The van der Waals surface area contributed by atoms with Crippen LogP contribution in [0.15, 0.2) is 30.5 Å². The molecule has 2 fully saturated rings. The van der Waals surface area contributed by atoms with Gasteiger partial charge in [0.1, 0.15) is 5.52 Å². The van der Waals surface area contributed by atoms with Crippen LogP contribution in [0.3, 0.4) is 0 Å². The van der Waals surface area contributed by atoms with E-state index in [1.54, 1.807) is 12.3 Å². The summed E-state index contributed by atoms with van der Waals surface area (Å²) in [6.45, 7) is 8.74. The van der Waals surface area contributed by atoms with Crippen molar-refractivity contribution in [3.63, 3.8) is 0 Å². The molecule has 0 unspecified atom stereocenters. The van der Waals surface area contributed by atoms with E-state index in [9.17, 15) is 9.50 Å². The summed E-state index contributed by atoms with van der Waals surface area (Å²) < 4.78 is 19.8. The monoisotopic (exact) mass is 437 g/mol. The van der Waals surface area contributed by atoms with Crippen LogP contribution in [0.1, 0.15) is 29.6 Å². The first kappa shape index (κ1) is 21.2. The lowest BCUT2D eigenvalue weighted by Gasteiger charge is -2.38. The van der Waals surface area contributed by atoms with Crippen molar-refractivity contribution in [2.75, 3.05) is 44.3 Å². The summed E-state index contributed by atoms with van der Waals surface area (Å²) in [4.78, 5) is 18.1. The number of benzene rings is 1. The second kappa shape index (κ2) is 8.35. The van der Waals surface area contributed by atoms with Crippen LogP contribution in [-0.4, -0.2) is 64.4 Å². The predicted molar refractivity (Wildman–Crippen MR) is 120 cm³/mol. The average Bonchev–Trinajstić information content (AvgIpc) is 2.78. The molecule has 168 valence electrons. The minimum Gasteiger partial charge on any atom is -0.379 e. The molecule has 0 saturated carbocycles. The van der Waals surface area contributed by atoms with Gasteiger partial charge in [0.15, 0.2) is 11.4 Å². The second-order valence-corrected chi connectivity index (χ2v) is 8.75. The third-order valence-electron chi connectivity index (χ3n) is 6.41. The Balaban J connectivity index is 1.24. The maximum atomic E-state index is 14.6. The van der Waals surface area contributed by atoms with Crippen molar-refractivity contribution in [3.8, 4) is 0 Å². The van der Waals surface area contributed by atoms with Crippen LogP contribution in [0.5, 0.6) is 0 Å². The van der Waals surface area contributed by atoms with Crippen LogP contribution < -0.4 is 4.90 Å². The van der Waals surface area contributed by atoms with Crippen molar-refractivity contribution >= 4 is 16.7 Å². The lowest BCUT2D eigenvalue weighted by atomic mass is 9.96. The fraction of sp³-hybridized carbons (Fsp3) is 0.458. The summed E-state index contributed by atoms with van der Waals surface area (Å²) in [6.07, 6.45) is 2.46. The molecule has 5 rings (SSSR count). The molecule has 3 aromatic rings. The molecule has 32 heavy (non-hydrogen) atoms. The number of hydrogen-bond donors (Lipinski definition) is 1. The molecule has 2 aliphatic rings. The number of rotatable bonds is 5. The maximum Gasteiger partial charge on any atom is 0.153 e. The van der Waals surface area contributed by atoms with Crippen molar-refractivity contribution in [2.45, 2.75) is 32.4 Å². The molecular formula is C24H28FN5O2. The zero-order valence-electron chi connectivity index (χ0n) is 18.5. The summed E-state index contributed by atoms with van der Waals surface area (Å²) in [6, 6.07) is 7.48. The van der Waals surface area contributed by atoms with Crippen LogP contribution >= 0.6 is 0 Å². The second-order valence-electron chi connectivity index (χ2n) is 8.75. The first-order valence-electron chi connectivity index (χ1n) is 11.1. The molecule has 2 aliphatic heterocycles. The van der Waals surface area contributed by atoms with E-state index in [0.29, 0.717) is 36.5 Å². The van der Waals surface area contributed by atoms with E-state index in [2.05, 4.69) is 24.8 Å². The number of aryl methyl sites for hydroxylation is 2. The largest absolute Gasteiger partial charge is 0.379 e. The highest BCUT2D eigenvalue weighted by atomic mass is 19.1. The lowest BCUT2D eigenvalue weighted by Crippen LogP contribution is -2.48. The number of hydrogen-bond acceptors (Lipinski definition) is 7. The van der Waals surface area contributed by atoms with E-state index < -0.39 is 5.60 Å². The van der Waals surface area contributed by atoms with Crippen molar-refractivity contribution in [1.29, 1.82) is 0 Å². The Morgan fingerprint density at radius 3 is 2.56 bits per heavy atom. The zero-order valence-corrected chi connectivity index (χ0v) is 18.5. The number of nitrogens with zero attached hydrogens (tertiary/aromatic N) is 5. The quantitative estimate of drug-likeness (QED) is 0.658. The van der Waals surface area contributed by atoms with Crippen LogP contribution in [0.4, 0.5) is 10.1 Å². The summed E-state index contributed by atoms with van der Waals surface area (Å²) >= 11 is 0. The number of piperazine rings is 1. The van der Waals surface area contributed by atoms with E-state index in [1.165, 1.54) is 0 Å². The average molecular weight is 438 g/mol. The van der Waals surface area contributed by atoms with Crippen LogP contribution in [0.25, 0.3) is 11.0 Å². The smallest absolute Gasteiger partial charge is 0.153 e. The van der Waals surface area contributed by atoms with Crippen LogP contribution in [-0.2, 0) is 23.3 Å². The van der Waals surface area contributed by atoms with Crippen molar-refractivity contribution in [1.82, 2.24) is 19.9 Å². The highest BCUT2D eigenvalue weighted by Crippen LogP contribution is 2.30. The number of anilines is 1. The third kappa shape index (κ3) is 3.94. The summed E-state index contributed by atoms with van der Waals surface area (Å²) in [5, 5.41) is 10.5. The van der Waals surface area contributed by atoms with E-state index in [-0.39, 0.29) is 5.82 Å². The normalized spacial score (nSPS) is 18.7. The molecule has 0 radical (unpaired) electrons. The fourth-order valence-electron chi connectivity index (χ4n) is 4.42. The van der Waals surface area contributed by atoms with Gasteiger partial charge >= 0.3 is 0 Å². The Labute approximate surface area is 186 Å². The van der Waals surface area contributed by atoms with Gasteiger partial charge in [-0.3, -0.25) is 14.9 Å². The van der Waals surface area contributed by atoms with Gasteiger partial charge in [-0.15, -0.1) is 0 Å². The molecule has 0 spiro atoms. The van der Waals surface area contributed by atoms with Crippen LogP contribution in [0, 0.1) is 12.7 Å². The van der Waals surface area contributed by atoms with E-state index in [4.69, 9.17) is 4.74 Å². The lowest BCUT2D eigenvalue weighted by molar-refractivity contribution is -0.186. The topological polar surface area (TPSA) is 74.6 Å². The van der Waals surface area contributed by atoms with E-state index >= 15 is 0 Å². The van der Waals surface area contributed by atoms with Crippen molar-refractivity contribution in [3.05, 3.63) is 58.9 Å². The number of fused-ring (bicyclic) bond motifs is 1. The Morgan fingerprint density at radius 2 is 1.91 bits per heavy atom. The molecule has 1 N–H and O–H groups in total. The first-order chi connectivity index (χ1) is 15.4. The van der Waals surface area contributed by atoms with Gasteiger partial charge in [0, 0.05) is 38.9 Å². The molecule has 2 saturated heterocycles. The maximum absolute atomic E-state index is 14.6. The molecule has 2 aromatic heterocycles. The summed E-state index contributed by atoms with van der Waals surface area (Å²) in [5.41, 5.74) is 4.41. The number of aromatic nitrogens is 3. The Morgan fingerprint density at radius 1 is 1.12 bits per heavy atom. The van der Waals surface area contributed by atoms with Gasteiger partial charge in [0.2, 0.25) is 0 Å². The van der Waals surface area contributed by atoms with Gasteiger partial charge in [0.25, 0.3) is 0 Å². The Bertz CT molecular complexity index is 1140. The molecule has 4 heterocycles. The molecule has 0 atom stereocenters. The van der Waals surface area contributed by atoms with Gasteiger partial charge in [-0.25, -0.2) is 9.37 Å². The van der Waals surface area contributed by atoms with Gasteiger partial charge in [-0.2, -0.15) is 0 Å². The van der Waals surface area contributed by atoms with Gasteiger partial charge < -0.3 is 14.7 Å². The van der Waals surface area contributed by atoms with Crippen LogP contribution in [0.2, 0.25) is 0 Å². The molecule has 0 aliphatic carbocycles. The Kier molecular flexibility index (Phi) is 5.53. The SMILES string of the molecule is CCc1cnc2cc(CN3CCN(c4ccc(C5(O)COC5)nc4C)CC3)cc(F)c2n1. The first-order valence-corrected chi connectivity index (χ1v) is 11.1. The molecule has 1 aromatic carbocycles. The predicted octanol–water partition coefficient (Wildman–Crippen LogP) is 2.57. The van der Waals surface area contributed by atoms with Gasteiger partial charge in [0.05, 0.1) is 41.5 Å². The standard InChI is InChI=1S/C24H28FN5O2/c1-3-18-12-26-20-11-17(10-19(25)23(20)28-18)13-29-6-8-30(9-7-29)21-4-5-22(27-16(21)2)24(31)14-32-15-24/h4-5,10-12,31H,3,6-9,13-15H2,1-2H3. The zero-order chi connectivity index (χ0) is 22.3. The fourth-order valence-corrected chi connectivity index (χ4v) is 4.42. The summed E-state index contributed by atoms with van der Waals surface area (Å²) in [7, 11) is 0. The van der Waals surface area contributed by atoms with Crippen molar-refractivity contribution < 1.29 is 14.2 Å². The highest BCUT2D eigenvalue weighted by Gasteiger charge is 2.39. The molecular weight excluding hydrogens is 409 g/mol. The molecule has 0 bridgehead atoms. The Hall–Kier alpha value is -2.68. The highest BCUT2D eigenvalue weighted by molar-refractivity contribution is 5.75. The van der Waals surface area contributed by atoms with Gasteiger partial charge in [-0.05, 0) is 43.2 Å². The van der Waals surface area contributed by atoms with E-state index in [1.807, 2.05) is 32.0 Å². The summed E-state index contributed by atoms with van der Waals surface area (Å²) in [5.74, 6) is -0.306. The van der Waals surface area contributed by atoms with Crippen molar-refractivity contribution in [2.24, 2.45) is 0 Å². The van der Waals surface area contributed by atoms with E-state index in [0.717, 1.165) is 55.2 Å². The molecule has 7 nitrogen and oxygen atoms in total. The number of aliphatic hydroxyl groups is 1. The van der Waals surface area contributed by atoms with Gasteiger partial charge in [-0.1, -0.05) is 6.92 Å². The number of ether oxygens (including phenoxy) is 1. The third-order valence-corrected chi connectivity index (χ3v) is 6.41. The minimum atomic E-state index is -0.945. The minimum absolute atomic E-state index is 0.304.